The molecule has 2 rings (SSSR count). The van der Waals surface area contributed by atoms with Crippen molar-refractivity contribution in [3.8, 4) is 5.75 Å². The highest BCUT2D eigenvalue weighted by Crippen LogP contribution is 2.37. The van der Waals surface area contributed by atoms with Crippen LogP contribution in [0, 0.1) is 0 Å². The van der Waals surface area contributed by atoms with Crippen LogP contribution < -0.4 is 10.1 Å². The maximum atomic E-state index is 13.0. The summed E-state index contributed by atoms with van der Waals surface area (Å²) in [5.41, 5.74) is -0.156. The number of methoxy groups -OCH3 is 1. The van der Waals surface area contributed by atoms with Crippen molar-refractivity contribution < 1.29 is 22.6 Å². The Hall–Kier alpha value is -2.25. The fourth-order valence-electron chi connectivity index (χ4n) is 3.44. The molecule has 0 bridgehead atoms. The van der Waals surface area contributed by atoms with Gasteiger partial charge in [-0.25, -0.2) is 4.99 Å². The van der Waals surface area contributed by atoms with E-state index in [0.29, 0.717) is 17.3 Å². The van der Waals surface area contributed by atoms with Gasteiger partial charge in [-0.15, -0.1) is 0 Å². The number of ether oxygens (including phenoxy) is 2. The Labute approximate surface area is 170 Å². The van der Waals surface area contributed by atoms with Crippen molar-refractivity contribution in [2.75, 3.05) is 14.2 Å². The number of halogens is 3. The normalized spacial score (nSPS) is 21.1. The van der Waals surface area contributed by atoms with E-state index < -0.39 is 11.7 Å². The van der Waals surface area contributed by atoms with E-state index in [1.54, 1.807) is 7.05 Å². The summed E-state index contributed by atoms with van der Waals surface area (Å²) in [6.45, 7) is 6.11. The molecule has 0 aromatic heterocycles. The molecule has 2 atom stereocenters. The molecular formula is C21H30F3N3O2. The Morgan fingerprint density at radius 2 is 1.86 bits per heavy atom. The molecule has 1 aliphatic rings. The Kier molecular flexibility index (Phi) is 7.93. The minimum absolute atomic E-state index is 0.0617. The summed E-state index contributed by atoms with van der Waals surface area (Å²) in [5, 5.41) is 3.27. The van der Waals surface area contributed by atoms with E-state index in [4.69, 9.17) is 9.47 Å². The third-order valence-corrected chi connectivity index (χ3v) is 4.92. The van der Waals surface area contributed by atoms with Crippen LogP contribution in [0.1, 0.15) is 63.6 Å². The molecule has 1 N–H and O–H groups in total. The van der Waals surface area contributed by atoms with Crippen LogP contribution in [-0.4, -0.2) is 38.0 Å². The number of nitrogens with one attached hydrogen (secondary N) is 1. The highest BCUT2D eigenvalue weighted by atomic mass is 19.4. The molecule has 162 valence electrons. The monoisotopic (exact) mass is 413 g/mol. The minimum Gasteiger partial charge on any atom is -0.496 e. The standard InChI is InChI=1S/C21H30F3N3O2/c1-6-8-15(9-7-2)29-20-19(25-4)27-18(13(3)26-20)16-11-10-14(21(22,23)24)12-17(16)28-5/h10-13,15,18H,6-9H2,1-5H3,(H,25,27). The first kappa shape index (κ1) is 23.0. The van der Waals surface area contributed by atoms with Gasteiger partial charge in [0.2, 0.25) is 0 Å². The fraction of sp³-hybridized carbons (Fsp3) is 0.619. The van der Waals surface area contributed by atoms with Crippen LogP contribution in [-0.2, 0) is 10.9 Å². The van der Waals surface area contributed by atoms with Crippen LogP contribution in [0.4, 0.5) is 13.2 Å². The Morgan fingerprint density at radius 3 is 2.38 bits per heavy atom. The summed E-state index contributed by atoms with van der Waals surface area (Å²) in [5.74, 6) is 1.11. The molecule has 1 aliphatic heterocycles. The summed E-state index contributed by atoms with van der Waals surface area (Å²) in [4.78, 5) is 8.92. The third-order valence-electron chi connectivity index (χ3n) is 4.92. The van der Waals surface area contributed by atoms with Crippen LogP contribution in [0.3, 0.4) is 0 Å². The maximum Gasteiger partial charge on any atom is 0.416 e. The summed E-state index contributed by atoms with van der Waals surface area (Å²) < 4.78 is 50.5. The largest absolute Gasteiger partial charge is 0.496 e. The van der Waals surface area contributed by atoms with Gasteiger partial charge < -0.3 is 14.8 Å². The lowest BCUT2D eigenvalue weighted by molar-refractivity contribution is -0.137. The van der Waals surface area contributed by atoms with Crippen molar-refractivity contribution in [3.05, 3.63) is 29.3 Å². The first-order valence-electron chi connectivity index (χ1n) is 9.98. The number of alkyl halides is 3. The number of amidine groups is 1. The molecule has 1 aromatic rings. The molecule has 0 saturated carbocycles. The molecule has 0 fully saturated rings. The fourth-order valence-corrected chi connectivity index (χ4v) is 3.44. The van der Waals surface area contributed by atoms with Gasteiger partial charge >= 0.3 is 6.18 Å². The smallest absolute Gasteiger partial charge is 0.416 e. The van der Waals surface area contributed by atoms with Gasteiger partial charge in [-0.05, 0) is 31.9 Å². The van der Waals surface area contributed by atoms with Gasteiger partial charge in [-0.1, -0.05) is 32.8 Å². The minimum atomic E-state index is -4.43. The zero-order valence-corrected chi connectivity index (χ0v) is 17.6. The lowest BCUT2D eigenvalue weighted by atomic mass is 9.96. The summed E-state index contributed by atoms with van der Waals surface area (Å²) in [6.07, 6.45) is -0.509. The van der Waals surface area contributed by atoms with E-state index in [9.17, 15) is 13.2 Å². The first-order chi connectivity index (χ1) is 13.7. The molecule has 5 nitrogen and oxygen atoms in total. The summed E-state index contributed by atoms with van der Waals surface area (Å²) in [7, 11) is 2.99. The Balaban J connectivity index is 2.33. The second kappa shape index (κ2) is 9.98. The van der Waals surface area contributed by atoms with Gasteiger partial charge in [0.1, 0.15) is 11.9 Å². The molecule has 1 aromatic carbocycles. The van der Waals surface area contributed by atoms with Crippen LogP contribution >= 0.6 is 0 Å². The van der Waals surface area contributed by atoms with E-state index in [1.807, 2.05) is 6.92 Å². The van der Waals surface area contributed by atoms with Gasteiger partial charge in [0.05, 0.1) is 24.8 Å². The summed E-state index contributed by atoms with van der Waals surface area (Å²) >= 11 is 0. The number of hydrogen-bond donors (Lipinski definition) is 1. The van der Waals surface area contributed by atoms with Gasteiger partial charge in [0, 0.05) is 12.6 Å². The molecule has 1 heterocycles. The topological polar surface area (TPSA) is 55.2 Å². The third kappa shape index (κ3) is 5.64. The molecule has 0 amide bonds. The molecule has 0 radical (unpaired) electrons. The van der Waals surface area contributed by atoms with Crippen LogP contribution in [0.2, 0.25) is 0 Å². The maximum absolute atomic E-state index is 13.0. The molecule has 29 heavy (non-hydrogen) atoms. The number of nitrogens with zero attached hydrogens (tertiary/aromatic N) is 2. The predicted molar refractivity (Wildman–Crippen MR) is 109 cm³/mol. The average molecular weight is 413 g/mol. The van der Waals surface area contributed by atoms with E-state index in [0.717, 1.165) is 37.8 Å². The van der Waals surface area contributed by atoms with E-state index in [1.165, 1.54) is 13.2 Å². The van der Waals surface area contributed by atoms with E-state index >= 15 is 0 Å². The van der Waals surface area contributed by atoms with Crippen molar-refractivity contribution >= 4 is 11.7 Å². The number of benzene rings is 1. The quantitative estimate of drug-likeness (QED) is 0.672. The lowest BCUT2D eigenvalue weighted by Crippen LogP contribution is -2.46. The van der Waals surface area contributed by atoms with Crippen LogP contribution in [0.25, 0.3) is 0 Å². The van der Waals surface area contributed by atoms with Gasteiger partial charge in [-0.3, -0.25) is 4.99 Å². The molecule has 0 saturated heterocycles. The van der Waals surface area contributed by atoms with E-state index in [-0.39, 0.29) is 23.9 Å². The van der Waals surface area contributed by atoms with Gasteiger partial charge in [0.15, 0.2) is 5.84 Å². The molecule has 2 unspecified atom stereocenters. The Morgan fingerprint density at radius 1 is 1.21 bits per heavy atom. The molecule has 0 aliphatic carbocycles. The van der Waals surface area contributed by atoms with Crippen molar-refractivity contribution in [1.82, 2.24) is 5.32 Å². The summed E-state index contributed by atoms with van der Waals surface area (Å²) in [6, 6.07) is 2.85. The lowest BCUT2D eigenvalue weighted by Gasteiger charge is -2.32. The highest BCUT2D eigenvalue weighted by Gasteiger charge is 2.35. The van der Waals surface area contributed by atoms with Crippen LogP contribution in [0.5, 0.6) is 5.75 Å². The average Bonchev–Trinajstić information content (AvgIpc) is 2.67. The second-order valence-corrected chi connectivity index (χ2v) is 7.14. The van der Waals surface area contributed by atoms with Crippen LogP contribution in [0.15, 0.2) is 28.2 Å². The zero-order valence-electron chi connectivity index (χ0n) is 17.6. The van der Waals surface area contributed by atoms with Crippen molar-refractivity contribution in [2.45, 2.75) is 70.8 Å². The zero-order chi connectivity index (χ0) is 21.6. The van der Waals surface area contributed by atoms with Crippen molar-refractivity contribution in [1.29, 1.82) is 0 Å². The Bertz CT molecular complexity index is 741. The molecular weight excluding hydrogens is 383 g/mol. The predicted octanol–water partition coefficient (Wildman–Crippen LogP) is 5.16. The van der Waals surface area contributed by atoms with Crippen molar-refractivity contribution in [3.63, 3.8) is 0 Å². The molecule has 0 spiro atoms. The number of rotatable bonds is 7. The van der Waals surface area contributed by atoms with Gasteiger partial charge in [-0.2, -0.15) is 13.2 Å². The van der Waals surface area contributed by atoms with E-state index in [2.05, 4.69) is 29.1 Å². The number of aliphatic imine (C=N–C) groups is 2. The van der Waals surface area contributed by atoms with Crippen molar-refractivity contribution in [2.24, 2.45) is 9.98 Å². The first-order valence-corrected chi connectivity index (χ1v) is 9.98. The highest BCUT2D eigenvalue weighted by molar-refractivity contribution is 6.38. The molecule has 8 heteroatoms. The second-order valence-electron chi connectivity index (χ2n) is 7.14. The van der Waals surface area contributed by atoms with Gasteiger partial charge in [0.25, 0.3) is 5.90 Å². The SMILES string of the molecule is CCCC(CCC)OC1=NC(C)C(c2ccc(C(F)(F)F)cc2OC)NC1=NC. The number of hydrogen-bond acceptors (Lipinski definition) is 4.